The molecule has 1 aliphatic carbocycles. The standard InChI is InChI=1S/C12H23NO2S/c1-11(2)9(7-13)10(11)8-5-6-16(14,15)12(8,3)4/h8-10H,5-7,13H2,1-4H3/t8?,9-,10-/m0/s1. The monoisotopic (exact) mass is 245 g/mol. The van der Waals surface area contributed by atoms with Crippen molar-refractivity contribution in [2.75, 3.05) is 12.3 Å². The topological polar surface area (TPSA) is 60.2 Å². The van der Waals surface area contributed by atoms with Crippen LogP contribution in [0.3, 0.4) is 0 Å². The van der Waals surface area contributed by atoms with Gasteiger partial charge in [0, 0.05) is 0 Å². The summed E-state index contributed by atoms with van der Waals surface area (Å²) in [4.78, 5) is 0. The first-order valence-corrected chi connectivity index (χ1v) is 7.74. The molecule has 2 fully saturated rings. The molecule has 0 aromatic rings. The van der Waals surface area contributed by atoms with Gasteiger partial charge in [-0.1, -0.05) is 13.8 Å². The summed E-state index contributed by atoms with van der Waals surface area (Å²) in [6, 6.07) is 0. The van der Waals surface area contributed by atoms with Crippen LogP contribution in [0.4, 0.5) is 0 Å². The predicted molar refractivity (Wildman–Crippen MR) is 65.8 cm³/mol. The maximum absolute atomic E-state index is 12.0. The summed E-state index contributed by atoms with van der Waals surface area (Å²) >= 11 is 0. The molecule has 1 heterocycles. The molecule has 0 radical (unpaired) electrons. The Bertz CT molecular complexity index is 397. The maximum Gasteiger partial charge on any atom is 0.155 e. The Morgan fingerprint density at radius 3 is 2.12 bits per heavy atom. The molecule has 4 heteroatoms. The molecule has 2 aliphatic rings. The summed E-state index contributed by atoms with van der Waals surface area (Å²) in [7, 11) is -2.90. The smallest absolute Gasteiger partial charge is 0.155 e. The normalized spacial score (nSPS) is 43.2. The highest BCUT2D eigenvalue weighted by atomic mass is 32.2. The van der Waals surface area contributed by atoms with Crippen molar-refractivity contribution in [3.63, 3.8) is 0 Å². The number of hydrogen-bond donors (Lipinski definition) is 1. The largest absolute Gasteiger partial charge is 0.330 e. The molecule has 94 valence electrons. The zero-order chi connectivity index (χ0) is 12.4. The Hall–Kier alpha value is -0.0900. The van der Waals surface area contributed by atoms with Crippen molar-refractivity contribution in [1.82, 2.24) is 0 Å². The number of hydrogen-bond acceptors (Lipinski definition) is 3. The van der Waals surface area contributed by atoms with Gasteiger partial charge in [0.1, 0.15) is 0 Å². The van der Waals surface area contributed by atoms with E-state index in [0.29, 0.717) is 30.1 Å². The van der Waals surface area contributed by atoms with Gasteiger partial charge in [0.15, 0.2) is 9.84 Å². The fourth-order valence-electron chi connectivity index (χ4n) is 3.77. The SMILES string of the molecule is CC1(C)[C@@H](CN)[C@@H]1C1CCS(=O)(=O)C1(C)C. The molecular formula is C12H23NO2S. The lowest BCUT2D eigenvalue weighted by Crippen LogP contribution is -2.35. The van der Waals surface area contributed by atoms with E-state index in [-0.39, 0.29) is 5.41 Å². The van der Waals surface area contributed by atoms with Crippen LogP contribution in [0.2, 0.25) is 0 Å². The highest BCUT2D eigenvalue weighted by Crippen LogP contribution is 2.65. The van der Waals surface area contributed by atoms with Gasteiger partial charge in [-0.05, 0) is 50.0 Å². The van der Waals surface area contributed by atoms with Crippen molar-refractivity contribution in [3.8, 4) is 0 Å². The Balaban J connectivity index is 2.27. The molecule has 0 spiro atoms. The molecule has 3 nitrogen and oxygen atoms in total. The summed E-state index contributed by atoms with van der Waals surface area (Å²) in [5.74, 6) is 1.64. The van der Waals surface area contributed by atoms with Crippen LogP contribution in [-0.2, 0) is 9.84 Å². The molecule has 1 saturated carbocycles. The molecule has 2 N–H and O–H groups in total. The first-order chi connectivity index (χ1) is 7.16. The molecule has 0 bridgehead atoms. The molecular weight excluding hydrogens is 222 g/mol. The quantitative estimate of drug-likeness (QED) is 0.800. The van der Waals surface area contributed by atoms with E-state index in [0.717, 1.165) is 6.42 Å². The van der Waals surface area contributed by atoms with Gasteiger partial charge >= 0.3 is 0 Å². The van der Waals surface area contributed by atoms with Crippen molar-refractivity contribution in [1.29, 1.82) is 0 Å². The highest BCUT2D eigenvalue weighted by molar-refractivity contribution is 7.93. The molecule has 1 saturated heterocycles. The molecule has 0 aromatic carbocycles. The molecule has 2 rings (SSSR count). The van der Waals surface area contributed by atoms with E-state index in [4.69, 9.17) is 5.73 Å². The average molecular weight is 245 g/mol. The first kappa shape index (κ1) is 12.4. The van der Waals surface area contributed by atoms with Gasteiger partial charge < -0.3 is 5.73 Å². The van der Waals surface area contributed by atoms with Crippen molar-refractivity contribution < 1.29 is 8.42 Å². The number of nitrogens with two attached hydrogens (primary N) is 1. The van der Waals surface area contributed by atoms with Crippen molar-refractivity contribution >= 4 is 9.84 Å². The third-order valence-corrected chi connectivity index (χ3v) is 7.90. The zero-order valence-electron chi connectivity index (χ0n) is 10.7. The van der Waals surface area contributed by atoms with E-state index in [1.165, 1.54) is 0 Å². The average Bonchev–Trinajstić information content (AvgIpc) is 2.59. The summed E-state index contributed by atoms with van der Waals surface area (Å²) in [6.45, 7) is 8.90. The predicted octanol–water partition coefficient (Wildman–Crippen LogP) is 1.43. The van der Waals surface area contributed by atoms with Crippen LogP contribution in [0, 0.1) is 23.2 Å². The van der Waals surface area contributed by atoms with E-state index in [9.17, 15) is 8.42 Å². The zero-order valence-corrected chi connectivity index (χ0v) is 11.5. The lowest BCUT2D eigenvalue weighted by Gasteiger charge is -2.27. The van der Waals surface area contributed by atoms with Crippen LogP contribution in [0.1, 0.15) is 34.1 Å². The van der Waals surface area contributed by atoms with Gasteiger partial charge in [-0.3, -0.25) is 0 Å². The van der Waals surface area contributed by atoms with Gasteiger partial charge in [0.05, 0.1) is 10.5 Å². The van der Waals surface area contributed by atoms with Gasteiger partial charge in [-0.2, -0.15) is 0 Å². The van der Waals surface area contributed by atoms with Crippen LogP contribution in [0.5, 0.6) is 0 Å². The minimum atomic E-state index is -2.90. The van der Waals surface area contributed by atoms with Crippen LogP contribution in [0.15, 0.2) is 0 Å². The van der Waals surface area contributed by atoms with Crippen molar-refractivity contribution in [2.45, 2.75) is 38.9 Å². The number of sulfone groups is 1. The summed E-state index contributed by atoms with van der Waals surface area (Å²) in [5.41, 5.74) is 6.01. The van der Waals surface area contributed by atoms with E-state index in [1.54, 1.807) is 0 Å². The molecule has 3 atom stereocenters. The molecule has 0 amide bonds. The Morgan fingerprint density at radius 1 is 1.25 bits per heavy atom. The van der Waals surface area contributed by atoms with Crippen LogP contribution >= 0.6 is 0 Å². The molecule has 16 heavy (non-hydrogen) atoms. The van der Waals surface area contributed by atoms with E-state index in [2.05, 4.69) is 13.8 Å². The Morgan fingerprint density at radius 2 is 1.81 bits per heavy atom. The third kappa shape index (κ3) is 1.39. The van der Waals surface area contributed by atoms with Gasteiger partial charge in [-0.15, -0.1) is 0 Å². The fourth-order valence-corrected chi connectivity index (χ4v) is 5.59. The number of rotatable bonds is 2. The fraction of sp³-hybridized carbons (Fsp3) is 1.00. The Labute approximate surface area is 98.7 Å². The van der Waals surface area contributed by atoms with Crippen LogP contribution < -0.4 is 5.73 Å². The summed E-state index contributed by atoms with van der Waals surface area (Å²) in [5, 5.41) is 0. The lowest BCUT2D eigenvalue weighted by molar-refractivity contribution is 0.328. The minimum absolute atomic E-state index is 0.233. The second-order valence-electron chi connectivity index (χ2n) is 6.51. The minimum Gasteiger partial charge on any atom is -0.330 e. The highest BCUT2D eigenvalue weighted by Gasteiger charge is 2.65. The van der Waals surface area contributed by atoms with Crippen molar-refractivity contribution in [2.24, 2.45) is 28.9 Å². The summed E-state index contributed by atoms with van der Waals surface area (Å²) < 4.78 is 23.4. The van der Waals surface area contributed by atoms with Gasteiger partial charge in [0.25, 0.3) is 0 Å². The van der Waals surface area contributed by atoms with E-state index < -0.39 is 14.6 Å². The maximum atomic E-state index is 12.0. The third-order valence-electron chi connectivity index (χ3n) is 5.22. The summed E-state index contributed by atoms with van der Waals surface area (Å²) in [6.07, 6.45) is 0.819. The lowest BCUT2D eigenvalue weighted by atomic mass is 9.85. The van der Waals surface area contributed by atoms with Crippen molar-refractivity contribution in [3.05, 3.63) is 0 Å². The van der Waals surface area contributed by atoms with E-state index >= 15 is 0 Å². The molecule has 0 aromatic heterocycles. The Kier molecular flexibility index (Phi) is 2.49. The second kappa shape index (κ2) is 3.22. The van der Waals surface area contributed by atoms with Gasteiger partial charge in [0.2, 0.25) is 0 Å². The van der Waals surface area contributed by atoms with E-state index in [1.807, 2.05) is 13.8 Å². The first-order valence-electron chi connectivity index (χ1n) is 6.08. The van der Waals surface area contributed by atoms with Crippen LogP contribution in [0.25, 0.3) is 0 Å². The van der Waals surface area contributed by atoms with Crippen LogP contribution in [-0.4, -0.2) is 25.5 Å². The second-order valence-corrected chi connectivity index (χ2v) is 9.20. The molecule has 1 unspecified atom stereocenters. The molecule has 1 aliphatic heterocycles. The van der Waals surface area contributed by atoms with Gasteiger partial charge in [-0.25, -0.2) is 8.42 Å².